The Morgan fingerprint density at radius 1 is 1.12 bits per heavy atom. The van der Waals surface area contributed by atoms with Gasteiger partial charge in [0.15, 0.2) is 5.78 Å². The number of benzene rings is 2. The lowest BCUT2D eigenvalue weighted by Gasteiger charge is -2.13. The van der Waals surface area contributed by atoms with Gasteiger partial charge in [0.1, 0.15) is 5.75 Å². The molecule has 0 saturated carbocycles. The number of carboxylic acid groups (broad SMARTS) is 1. The van der Waals surface area contributed by atoms with E-state index in [1.165, 1.54) is 38.3 Å². The van der Waals surface area contributed by atoms with Crippen molar-refractivity contribution < 1.29 is 24.2 Å². The summed E-state index contributed by atoms with van der Waals surface area (Å²) < 4.78 is 5.16. The maximum Gasteiger partial charge on any atom is 0.337 e. The number of carboxylic acids is 1. The Morgan fingerprint density at radius 2 is 1.81 bits per heavy atom. The average molecular weight is 377 g/mol. The van der Waals surface area contributed by atoms with E-state index in [9.17, 15) is 14.4 Å². The van der Waals surface area contributed by atoms with Crippen molar-refractivity contribution in [1.29, 1.82) is 0 Å². The molecule has 8 heteroatoms. The molecule has 0 spiro atoms. The molecule has 0 radical (unpaired) electrons. The third-order valence-electron chi connectivity index (χ3n) is 3.54. The number of Topliss-reactive ketones (excluding diaryl/α,β-unsaturated/α-hetero) is 1. The van der Waals surface area contributed by atoms with Crippen molar-refractivity contribution in [2.45, 2.75) is 6.92 Å². The number of amides is 1. The van der Waals surface area contributed by atoms with Crippen LogP contribution in [0.1, 0.15) is 27.6 Å². The molecule has 136 valence electrons. The van der Waals surface area contributed by atoms with E-state index < -0.39 is 11.9 Å². The van der Waals surface area contributed by atoms with Crippen molar-refractivity contribution in [2.75, 3.05) is 24.3 Å². The number of aromatic carboxylic acids is 1. The molecular formula is C18H17ClN2O5. The second-order valence-electron chi connectivity index (χ2n) is 5.34. The Balaban J connectivity index is 2.11. The van der Waals surface area contributed by atoms with Crippen molar-refractivity contribution in [3.8, 4) is 5.75 Å². The summed E-state index contributed by atoms with van der Waals surface area (Å²) in [5.41, 5.74) is 0.937. The minimum absolute atomic E-state index is 0.00800. The summed E-state index contributed by atoms with van der Waals surface area (Å²) in [5, 5.41) is 14.8. The lowest BCUT2D eigenvalue weighted by Crippen LogP contribution is -2.23. The quantitative estimate of drug-likeness (QED) is 0.640. The standard InChI is InChI=1S/C18H17ClN2O5/c1-10(22)12-7-13(19)15(8-16(12)26-2)20-9-17(23)21-14-6-4-3-5-11(14)18(24)25/h3-8,20H,9H2,1-2H3,(H,21,23)(H,24,25). The fourth-order valence-corrected chi connectivity index (χ4v) is 2.51. The molecule has 0 aromatic heterocycles. The molecule has 3 N–H and O–H groups in total. The Hall–Kier alpha value is -3.06. The highest BCUT2D eigenvalue weighted by atomic mass is 35.5. The van der Waals surface area contributed by atoms with Crippen LogP contribution >= 0.6 is 11.6 Å². The SMILES string of the molecule is COc1cc(NCC(=O)Nc2ccccc2C(=O)O)c(Cl)cc1C(C)=O. The molecule has 0 aliphatic rings. The average Bonchev–Trinajstić information content (AvgIpc) is 2.60. The third-order valence-corrected chi connectivity index (χ3v) is 3.85. The first-order chi connectivity index (χ1) is 12.3. The first-order valence-electron chi connectivity index (χ1n) is 7.58. The number of para-hydroxylation sites is 1. The van der Waals surface area contributed by atoms with Gasteiger partial charge in [-0.3, -0.25) is 9.59 Å². The number of ether oxygens (including phenoxy) is 1. The Labute approximate surface area is 154 Å². The van der Waals surface area contributed by atoms with E-state index in [1.807, 2.05) is 0 Å². The summed E-state index contributed by atoms with van der Waals surface area (Å²) in [5.74, 6) is -1.45. The van der Waals surface area contributed by atoms with Crippen molar-refractivity contribution in [2.24, 2.45) is 0 Å². The second kappa shape index (κ2) is 8.35. The topological polar surface area (TPSA) is 105 Å². The van der Waals surface area contributed by atoms with Gasteiger partial charge in [-0.25, -0.2) is 4.79 Å². The highest BCUT2D eigenvalue weighted by Gasteiger charge is 2.15. The second-order valence-corrected chi connectivity index (χ2v) is 5.75. The number of ketones is 1. The van der Waals surface area contributed by atoms with Gasteiger partial charge in [0.25, 0.3) is 0 Å². The molecule has 0 atom stereocenters. The molecular weight excluding hydrogens is 360 g/mol. The summed E-state index contributed by atoms with van der Waals surface area (Å²) in [4.78, 5) is 34.8. The van der Waals surface area contributed by atoms with Crippen molar-refractivity contribution in [3.63, 3.8) is 0 Å². The molecule has 2 aromatic carbocycles. The van der Waals surface area contributed by atoms with Crippen molar-refractivity contribution >= 4 is 40.6 Å². The zero-order valence-corrected chi connectivity index (χ0v) is 14.9. The lowest BCUT2D eigenvalue weighted by molar-refractivity contribution is -0.114. The van der Waals surface area contributed by atoms with Crippen LogP contribution < -0.4 is 15.4 Å². The van der Waals surface area contributed by atoms with E-state index in [2.05, 4.69) is 10.6 Å². The number of hydrogen-bond donors (Lipinski definition) is 3. The predicted octanol–water partition coefficient (Wildman–Crippen LogP) is 3.30. The van der Waals surface area contributed by atoms with Crippen LogP contribution in [-0.2, 0) is 4.79 Å². The van der Waals surface area contributed by atoms with Gasteiger partial charge in [-0.05, 0) is 25.1 Å². The Bertz CT molecular complexity index is 867. The molecule has 0 bridgehead atoms. The van der Waals surface area contributed by atoms with Gasteiger partial charge in [0, 0.05) is 6.07 Å². The number of carbonyl (C=O) groups is 3. The van der Waals surface area contributed by atoms with Gasteiger partial charge in [0.2, 0.25) is 5.91 Å². The number of carbonyl (C=O) groups excluding carboxylic acids is 2. The first-order valence-corrected chi connectivity index (χ1v) is 7.95. The molecule has 26 heavy (non-hydrogen) atoms. The molecule has 2 aromatic rings. The molecule has 0 saturated heterocycles. The lowest BCUT2D eigenvalue weighted by atomic mass is 10.1. The van der Waals surface area contributed by atoms with Gasteiger partial charge < -0.3 is 20.5 Å². The summed E-state index contributed by atoms with van der Waals surface area (Å²) in [6.45, 7) is 1.24. The van der Waals surface area contributed by atoms with E-state index in [1.54, 1.807) is 12.1 Å². The largest absolute Gasteiger partial charge is 0.496 e. The zero-order valence-electron chi connectivity index (χ0n) is 14.1. The molecule has 2 rings (SSSR count). The van der Waals surface area contributed by atoms with Gasteiger partial charge in [0.05, 0.1) is 41.2 Å². The van der Waals surface area contributed by atoms with E-state index in [0.717, 1.165) is 0 Å². The molecule has 1 amide bonds. The Morgan fingerprint density at radius 3 is 2.42 bits per heavy atom. The van der Waals surface area contributed by atoms with Gasteiger partial charge in [-0.1, -0.05) is 23.7 Å². The maximum absolute atomic E-state index is 12.1. The van der Waals surface area contributed by atoms with Crippen LogP contribution in [0, 0.1) is 0 Å². The number of nitrogens with one attached hydrogen (secondary N) is 2. The molecule has 0 heterocycles. The van der Waals surface area contributed by atoms with Crippen molar-refractivity contribution in [3.05, 3.63) is 52.5 Å². The highest BCUT2D eigenvalue weighted by Crippen LogP contribution is 2.31. The predicted molar refractivity (Wildman–Crippen MR) is 98.5 cm³/mol. The van der Waals surface area contributed by atoms with Crippen molar-refractivity contribution in [1.82, 2.24) is 0 Å². The highest BCUT2D eigenvalue weighted by molar-refractivity contribution is 6.33. The summed E-state index contributed by atoms with van der Waals surface area (Å²) in [6, 6.07) is 9.07. The van der Waals surface area contributed by atoms with Crippen LogP contribution in [0.5, 0.6) is 5.75 Å². The molecule has 0 aliphatic heterocycles. The van der Waals surface area contributed by atoms with E-state index in [0.29, 0.717) is 17.0 Å². The van der Waals surface area contributed by atoms with E-state index in [-0.39, 0.29) is 28.6 Å². The van der Waals surface area contributed by atoms with Gasteiger partial charge in [-0.2, -0.15) is 0 Å². The van der Waals surface area contributed by atoms with Crippen LogP contribution in [-0.4, -0.2) is 36.4 Å². The van der Waals surface area contributed by atoms with Crippen LogP contribution in [0.3, 0.4) is 0 Å². The smallest absolute Gasteiger partial charge is 0.337 e. The number of methoxy groups -OCH3 is 1. The van der Waals surface area contributed by atoms with Crippen LogP contribution in [0.2, 0.25) is 5.02 Å². The Kier molecular flexibility index (Phi) is 6.19. The summed E-state index contributed by atoms with van der Waals surface area (Å²) in [6.07, 6.45) is 0. The fourth-order valence-electron chi connectivity index (χ4n) is 2.28. The minimum Gasteiger partial charge on any atom is -0.496 e. The fraction of sp³-hybridized carbons (Fsp3) is 0.167. The zero-order chi connectivity index (χ0) is 19.3. The first kappa shape index (κ1) is 19.3. The van der Waals surface area contributed by atoms with Gasteiger partial charge in [-0.15, -0.1) is 0 Å². The third kappa shape index (κ3) is 4.52. The number of hydrogen-bond acceptors (Lipinski definition) is 5. The number of anilines is 2. The van der Waals surface area contributed by atoms with Gasteiger partial charge >= 0.3 is 5.97 Å². The molecule has 7 nitrogen and oxygen atoms in total. The van der Waals surface area contributed by atoms with Crippen LogP contribution in [0.4, 0.5) is 11.4 Å². The molecule has 0 unspecified atom stereocenters. The van der Waals surface area contributed by atoms with E-state index in [4.69, 9.17) is 21.4 Å². The summed E-state index contributed by atoms with van der Waals surface area (Å²) in [7, 11) is 1.43. The molecule has 0 aliphatic carbocycles. The molecule has 0 fully saturated rings. The number of halogens is 1. The van der Waals surface area contributed by atoms with Crippen LogP contribution in [0.25, 0.3) is 0 Å². The monoisotopic (exact) mass is 376 g/mol. The minimum atomic E-state index is -1.14. The maximum atomic E-state index is 12.1. The van der Waals surface area contributed by atoms with E-state index >= 15 is 0 Å². The van der Waals surface area contributed by atoms with Crippen LogP contribution in [0.15, 0.2) is 36.4 Å². The normalized spacial score (nSPS) is 10.1. The summed E-state index contributed by atoms with van der Waals surface area (Å²) >= 11 is 6.13. The number of rotatable bonds is 7.